The Kier molecular flexibility index (Phi) is 6.58. The molecule has 0 aromatic rings. The van der Waals surface area contributed by atoms with E-state index in [1.165, 1.54) is 4.90 Å². The van der Waals surface area contributed by atoms with Crippen LogP contribution in [0.4, 0.5) is 4.79 Å². The summed E-state index contributed by atoms with van der Waals surface area (Å²) in [5.74, 6) is 0. The van der Waals surface area contributed by atoms with Crippen LogP contribution in [0.3, 0.4) is 0 Å². The summed E-state index contributed by atoms with van der Waals surface area (Å²) in [7, 11) is 0. The Morgan fingerprint density at radius 3 is 2.47 bits per heavy atom. The highest BCUT2D eigenvalue weighted by atomic mass is 16.5. The van der Waals surface area contributed by atoms with Gasteiger partial charge in [0.1, 0.15) is 0 Å². The van der Waals surface area contributed by atoms with Crippen LogP contribution in [0.2, 0.25) is 0 Å². The van der Waals surface area contributed by atoms with Crippen LogP contribution in [0.25, 0.3) is 0 Å². The lowest BCUT2D eigenvalue weighted by atomic mass is 10.1. The van der Waals surface area contributed by atoms with E-state index in [-0.39, 0.29) is 5.54 Å². The topological polar surface area (TPSA) is 61.8 Å². The Labute approximate surface area is 116 Å². The van der Waals surface area contributed by atoms with Crippen molar-refractivity contribution in [1.82, 2.24) is 10.2 Å². The van der Waals surface area contributed by atoms with Crippen molar-refractivity contribution in [3.63, 3.8) is 0 Å². The summed E-state index contributed by atoms with van der Waals surface area (Å²) in [6, 6.07) is 0. The summed E-state index contributed by atoms with van der Waals surface area (Å²) in [5.41, 5.74) is -0.332. The molecule has 0 bridgehead atoms. The second-order valence-corrected chi connectivity index (χ2v) is 6.13. The number of unbranched alkanes of at least 4 members (excludes halogenated alkanes) is 1. The molecule has 0 spiro atoms. The highest BCUT2D eigenvalue weighted by molar-refractivity contribution is 5.65. The maximum Gasteiger partial charge on any atom is 0.407 e. The van der Waals surface area contributed by atoms with Gasteiger partial charge in [-0.3, -0.25) is 0 Å². The van der Waals surface area contributed by atoms with Crippen LogP contribution in [0, 0.1) is 0 Å². The van der Waals surface area contributed by atoms with E-state index >= 15 is 0 Å². The molecule has 0 saturated carbocycles. The molecule has 5 nitrogen and oxygen atoms in total. The molecule has 1 heterocycles. The van der Waals surface area contributed by atoms with Gasteiger partial charge in [0.2, 0.25) is 0 Å². The summed E-state index contributed by atoms with van der Waals surface area (Å²) in [6.07, 6.45) is 3.50. The molecule has 1 aliphatic rings. The third kappa shape index (κ3) is 6.25. The van der Waals surface area contributed by atoms with Gasteiger partial charge < -0.3 is 20.1 Å². The number of carboxylic acid groups (broad SMARTS) is 1. The molecular weight excluding hydrogens is 244 g/mol. The van der Waals surface area contributed by atoms with Crippen molar-refractivity contribution in [1.29, 1.82) is 0 Å². The van der Waals surface area contributed by atoms with Gasteiger partial charge in [0.15, 0.2) is 0 Å². The SMILES string of the molecule is CC(C)(C)N(CCCCOC1CCNCC1)C(=O)O. The lowest BCUT2D eigenvalue weighted by molar-refractivity contribution is 0.0285. The first-order valence-electron chi connectivity index (χ1n) is 7.24. The Morgan fingerprint density at radius 2 is 1.95 bits per heavy atom. The minimum absolute atomic E-state index is 0.332. The maximum absolute atomic E-state index is 11.1. The first-order chi connectivity index (χ1) is 8.91. The molecule has 112 valence electrons. The number of amides is 1. The number of nitrogens with zero attached hydrogens (tertiary/aromatic N) is 1. The number of carbonyl (C=O) groups is 1. The molecule has 1 saturated heterocycles. The van der Waals surface area contributed by atoms with Crippen LogP contribution < -0.4 is 5.32 Å². The third-order valence-electron chi connectivity index (χ3n) is 3.46. The van der Waals surface area contributed by atoms with Crippen molar-refractivity contribution in [2.45, 2.75) is 58.1 Å². The second kappa shape index (κ2) is 7.70. The van der Waals surface area contributed by atoms with Gasteiger partial charge in [-0.25, -0.2) is 4.79 Å². The molecule has 0 atom stereocenters. The molecule has 1 aliphatic heterocycles. The zero-order valence-electron chi connectivity index (χ0n) is 12.4. The highest BCUT2D eigenvalue weighted by Crippen LogP contribution is 2.14. The lowest BCUT2D eigenvalue weighted by Gasteiger charge is -2.33. The third-order valence-corrected chi connectivity index (χ3v) is 3.46. The van der Waals surface area contributed by atoms with E-state index in [4.69, 9.17) is 9.84 Å². The summed E-state index contributed by atoms with van der Waals surface area (Å²) in [4.78, 5) is 12.6. The number of ether oxygens (including phenoxy) is 1. The Balaban J connectivity index is 2.13. The molecule has 0 aliphatic carbocycles. The van der Waals surface area contributed by atoms with Crippen LogP contribution in [-0.2, 0) is 4.74 Å². The molecule has 19 heavy (non-hydrogen) atoms. The molecule has 1 fully saturated rings. The van der Waals surface area contributed by atoms with E-state index in [9.17, 15) is 4.79 Å². The molecule has 0 unspecified atom stereocenters. The standard InChI is InChI=1S/C14H28N2O3/c1-14(2,3)16(13(17)18)10-4-5-11-19-12-6-8-15-9-7-12/h12,15H,4-11H2,1-3H3,(H,17,18). The van der Waals surface area contributed by atoms with Crippen LogP contribution >= 0.6 is 0 Å². The fraction of sp³-hybridized carbons (Fsp3) is 0.929. The zero-order valence-corrected chi connectivity index (χ0v) is 12.4. The predicted molar refractivity (Wildman–Crippen MR) is 75.6 cm³/mol. The number of nitrogens with one attached hydrogen (secondary N) is 1. The monoisotopic (exact) mass is 272 g/mol. The fourth-order valence-corrected chi connectivity index (χ4v) is 2.30. The van der Waals surface area contributed by atoms with E-state index in [1.54, 1.807) is 0 Å². The minimum Gasteiger partial charge on any atom is -0.465 e. The molecule has 1 amide bonds. The van der Waals surface area contributed by atoms with Crippen molar-refractivity contribution in [2.24, 2.45) is 0 Å². The van der Waals surface area contributed by atoms with Crippen LogP contribution in [0.1, 0.15) is 46.5 Å². The number of piperidine rings is 1. The normalized spacial score (nSPS) is 17.4. The molecule has 0 aromatic carbocycles. The Hall–Kier alpha value is -0.810. The molecule has 1 rings (SSSR count). The highest BCUT2D eigenvalue weighted by Gasteiger charge is 2.25. The average molecular weight is 272 g/mol. The van der Waals surface area contributed by atoms with Crippen molar-refractivity contribution < 1.29 is 14.6 Å². The molecule has 2 N–H and O–H groups in total. The van der Waals surface area contributed by atoms with Gasteiger partial charge >= 0.3 is 6.09 Å². The summed E-state index contributed by atoms with van der Waals surface area (Å²) in [5, 5.41) is 12.5. The predicted octanol–water partition coefficient (Wildman–Crippen LogP) is 2.31. The Morgan fingerprint density at radius 1 is 1.32 bits per heavy atom. The van der Waals surface area contributed by atoms with Crippen molar-refractivity contribution in [2.75, 3.05) is 26.2 Å². The number of hydrogen-bond donors (Lipinski definition) is 2. The molecule has 0 aromatic heterocycles. The minimum atomic E-state index is -0.841. The van der Waals surface area contributed by atoms with Gasteiger partial charge in [-0.15, -0.1) is 0 Å². The quantitative estimate of drug-likeness (QED) is 0.728. The van der Waals surface area contributed by atoms with Crippen LogP contribution in [-0.4, -0.2) is 54.0 Å². The van der Waals surface area contributed by atoms with Crippen LogP contribution in [0.15, 0.2) is 0 Å². The van der Waals surface area contributed by atoms with Gasteiger partial charge in [0.05, 0.1) is 6.10 Å². The summed E-state index contributed by atoms with van der Waals surface area (Å²) < 4.78 is 5.80. The smallest absolute Gasteiger partial charge is 0.407 e. The lowest BCUT2D eigenvalue weighted by Crippen LogP contribution is -2.45. The van der Waals surface area contributed by atoms with E-state index < -0.39 is 6.09 Å². The van der Waals surface area contributed by atoms with Gasteiger partial charge in [-0.05, 0) is 59.5 Å². The van der Waals surface area contributed by atoms with Gasteiger partial charge in [-0.2, -0.15) is 0 Å². The van der Waals surface area contributed by atoms with Crippen molar-refractivity contribution in [3.05, 3.63) is 0 Å². The van der Waals surface area contributed by atoms with E-state index in [0.29, 0.717) is 12.6 Å². The first-order valence-corrected chi connectivity index (χ1v) is 7.24. The molecular formula is C14H28N2O3. The van der Waals surface area contributed by atoms with E-state index in [2.05, 4.69) is 5.32 Å². The largest absolute Gasteiger partial charge is 0.465 e. The van der Waals surface area contributed by atoms with Gasteiger partial charge in [0.25, 0.3) is 0 Å². The maximum atomic E-state index is 11.1. The number of hydrogen-bond acceptors (Lipinski definition) is 3. The van der Waals surface area contributed by atoms with Crippen molar-refractivity contribution >= 4 is 6.09 Å². The second-order valence-electron chi connectivity index (χ2n) is 6.13. The molecule has 0 radical (unpaired) electrons. The molecule has 5 heteroatoms. The summed E-state index contributed by atoms with van der Waals surface area (Å²) in [6.45, 7) is 9.17. The van der Waals surface area contributed by atoms with E-state index in [1.807, 2.05) is 20.8 Å². The van der Waals surface area contributed by atoms with E-state index in [0.717, 1.165) is 45.4 Å². The van der Waals surface area contributed by atoms with Crippen molar-refractivity contribution in [3.8, 4) is 0 Å². The number of rotatable bonds is 6. The summed E-state index contributed by atoms with van der Waals surface area (Å²) >= 11 is 0. The first kappa shape index (κ1) is 16.2. The zero-order chi connectivity index (χ0) is 14.3. The van der Waals surface area contributed by atoms with Crippen LogP contribution in [0.5, 0.6) is 0 Å². The van der Waals surface area contributed by atoms with Gasteiger partial charge in [0, 0.05) is 18.7 Å². The van der Waals surface area contributed by atoms with Gasteiger partial charge in [-0.1, -0.05) is 0 Å². The average Bonchev–Trinajstić information content (AvgIpc) is 2.32. The Bertz CT molecular complexity index is 270. The fourth-order valence-electron chi connectivity index (χ4n) is 2.30.